The molecule has 0 heterocycles. The van der Waals surface area contributed by atoms with Crippen LogP contribution in [0.25, 0.3) is 0 Å². The summed E-state index contributed by atoms with van der Waals surface area (Å²) in [7, 11) is 0. The monoisotopic (exact) mass is 275 g/mol. The van der Waals surface area contributed by atoms with Gasteiger partial charge in [-0.1, -0.05) is 37.3 Å². The van der Waals surface area contributed by atoms with Crippen LogP contribution >= 0.6 is 0 Å². The Morgan fingerprint density at radius 2 is 1.90 bits per heavy atom. The van der Waals surface area contributed by atoms with E-state index in [9.17, 15) is 14.7 Å². The van der Waals surface area contributed by atoms with Gasteiger partial charge in [0.05, 0.1) is 6.10 Å². The number of hydrogen-bond acceptors (Lipinski definition) is 4. The lowest BCUT2D eigenvalue weighted by Crippen LogP contribution is -2.20. The molecule has 0 spiro atoms. The van der Waals surface area contributed by atoms with Crippen LogP contribution in [0.4, 0.5) is 0 Å². The molecule has 0 saturated carbocycles. The van der Waals surface area contributed by atoms with E-state index in [0.29, 0.717) is 12.0 Å². The molecule has 20 heavy (non-hydrogen) atoms. The first kappa shape index (κ1) is 16.4. The first-order valence-corrected chi connectivity index (χ1v) is 6.43. The van der Waals surface area contributed by atoms with E-state index in [1.54, 1.807) is 32.4 Å². The Bertz CT molecular complexity index is 416. The summed E-state index contributed by atoms with van der Waals surface area (Å²) >= 11 is 0. The van der Waals surface area contributed by atoms with Crippen molar-refractivity contribution in [3.63, 3.8) is 0 Å². The fourth-order valence-corrected chi connectivity index (χ4v) is 1.69. The van der Waals surface area contributed by atoms with Crippen LogP contribution in [0, 0.1) is 25.2 Å². The molecule has 3 atom stereocenters. The van der Waals surface area contributed by atoms with E-state index in [1.807, 2.05) is 18.2 Å². The number of benzene rings is 1. The Morgan fingerprint density at radius 1 is 1.25 bits per heavy atom. The quantitative estimate of drug-likeness (QED) is 0.701. The van der Waals surface area contributed by atoms with E-state index in [4.69, 9.17) is 0 Å². The summed E-state index contributed by atoms with van der Waals surface area (Å²) in [5.41, 5.74) is 0.711. The van der Waals surface area contributed by atoms with Gasteiger partial charge in [0.1, 0.15) is 11.9 Å². The molecule has 0 bridgehead atoms. The second-order valence-corrected chi connectivity index (χ2v) is 4.54. The second kappa shape index (κ2) is 8.48. The summed E-state index contributed by atoms with van der Waals surface area (Å²) in [6, 6.07) is 9.05. The summed E-state index contributed by atoms with van der Waals surface area (Å²) in [6.07, 6.45) is 3.28. The van der Waals surface area contributed by atoms with Gasteiger partial charge in [0.15, 0.2) is 0 Å². The number of ether oxygens (including phenoxy) is 1. The van der Waals surface area contributed by atoms with Crippen molar-refractivity contribution >= 4 is 12.3 Å². The first-order chi connectivity index (χ1) is 9.56. The summed E-state index contributed by atoms with van der Waals surface area (Å²) in [6.45, 7) is 3.72. The molecule has 1 N–H and O–H groups in total. The van der Waals surface area contributed by atoms with Gasteiger partial charge in [0.25, 0.3) is 6.47 Å². The van der Waals surface area contributed by atoms with Crippen molar-refractivity contribution in [2.75, 3.05) is 0 Å². The SMILES string of the molecule is C[C@H](C(=O)[CH][CH][CH][C@H](C)OC=O)[C@@H](O)c1ccccc1. The van der Waals surface area contributed by atoms with Gasteiger partial charge >= 0.3 is 0 Å². The molecule has 0 saturated heterocycles. The molecule has 0 aliphatic heterocycles. The summed E-state index contributed by atoms with van der Waals surface area (Å²) < 4.78 is 4.65. The van der Waals surface area contributed by atoms with Gasteiger partial charge in [0, 0.05) is 18.8 Å². The zero-order chi connectivity index (χ0) is 15.0. The van der Waals surface area contributed by atoms with Crippen molar-refractivity contribution in [1.29, 1.82) is 0 Å². The number of Topliss-reactive ketones (excluding diaryl/α,β-unsaturated/α-hetero) is 1. The smallest absolute Gasteiger partial charge is 0.293 e. The third kappa shape index (κ3) is 5.13. The minimum absolute atomic E-state index is 0.184. The predicted octanol–water partition coefficient (Wildman–Crippen LogP) is 2.10. The van der Waals surface area contributed by atoms with Gasteiger partial charge < -0.3 is 9.84 Å². The molecular weight excluding hydrogens is 256 g/mol. The summed E-state index contributed by atoms with van der Waals surface area (Å²) in [5, 5.41) is 10.1. The topological polar surface area (TPSA) is 63.6 Å². The lowest BCUT2D eigenvalue weighted by atomic mass is 9.91. The molecular formula is C16H19O4. The number of carbonyl (C=O) groups is 2. The molecule has 0 aromatic heterocycles. The van der Waals surface area contributed by atoms with Crippen LogP contribution in [0.3, 0.4) is 0 Å². The van der Waals surface area contributed by atoms with Crippen molar-refractivity contribution < 1.29 is 19.4 Å². The summed E-state index contributed by atoms with van der Waals surface area (Å²) in [4.78, 5) is 22.0. The lowest BCUT2D eigenvalue weighted by Gasteiger charge is -2.18. The number of hydrogen-bond donors (Lipinski definition) is 1. The van der Waals surface area contributed by atoms with E-state index >= 15 is 0 Å². The van der Waals surface area contributed by atoms with Gasteiger partial charge in [-0.2, -0.15) is 0 Å². The van der Waals surface area contributed by atoms with Gasteiger partial charge in [0.2, 0.25) is 0 Å². The molecule has 0 fully saturated rings. The minimum atomic E-state index is -0.836. The van der Waals surface area contributed by atoms with Crippen molar-refractivity contribution in [2.24, 2.45) is 5.92 Å². The Hall–Kier alpha value is -1.68. The standard InChI is InChI=1S/C16H19O4/c1-12(20-11-17)7-6-10-15(18)13(2)16(19)14-8-4-3-5-9-14/h3-13,16,19H,1-2H3/t12-,13+,16+/m0/s1. The Morgan fingerprint density at radius 3 is 2.50 bits per heavy atom. The highest BCUT2D eigenvalue weighted by Crippen LogP contribution is 2.23. The molecule has 3 radical (unpaired) electrons. The normalized spacial score (nSPS) is 15.2. The molecule has 4 heteroatoms. The van der Waals surface area contributed by atoms with E-state index in [2.05, 4.69) is 4.74 Å². The molecule has 4 nitrogen and oxygen atoms in total. The molecule has 107 valence electrons. The first-order valence-electron chi connectivity index (χ1n) is 6.43. The van der Waals surface area contributed by atoms with Crippen LogP contribution in [0.2, 0.25) is 0 Å². The van der Waals surface area contributed by atoms with Gasteiger partial charge in [-0.15, -0.1) is 0 Å². The van der Waals surface area contributed by atoms with Crippen LogP contribution in [0.1, 0.15) is 25.5 Å². The maximum Gasteiger partial charge on any atom is 0.293 e. The fraction of sp³-hybridized carbons (Fsp3) is 0.312. The van der Waals surface area contributed by atoms with Crippen molar-refractivity contribution in [2.45, 2.75) is 26.1 Å². The highest BCUT2D eigenvalue weighted by atomic mass is 16.5. The molecule has 1 aromatic rings. The number of carbonyl (C=O) groups excluding carboxylic acids is 2. The maximum absolute atomic E-state index is 11.9. The van der Waals surface area contributed by atoms with E-state index in [-0.39, 0.29) is 11.9 Å². The highest BCUT2D eigenvalue weighted by Gasteiger charge is 2.23. The third-order valence-electron chi connectivity index (χ3n) is 2.98. The largest absolute Gasteiger partial charge is 0.465 e. The maximum atomic E-state index is 11.9. The fourth-order valence-electron chi connectivity index (χ4n) is 1.69. The second-order valence-electron chi connectivity index (χ2n) is 4.54. The average molecular weight is 275 g/mol. The van der Waals surface area contributed by atoms with Crippen LogP contribution < -0.4 is 0 Å². The van der Waals surface area contributed by atoms with Crippen LogP contribution in [-0.2, 0) is 14.3 Å². The zero-order valence-electron chi connectivity index (χ0n) is 11.6. The molecule has 0 unspecified atom stereocenters. The molecule has 1 rings (SSSR count). The Labute approximate surface area is 119 Å². The van der Waals surface area contributed by atoms with Crippen LogP contribution in [-0.4, -0.2) is 23.5 Å². The van der Waals surface area contributed by atoms with Gasteiger partial charge in [-0.05, 0) is 18.9 Å². The third-order valence-corrected chi connectivity index (χ3v) is 2.98. The highest BCUT2D eigenvalue weighted by molar-refractivity contribution is 5.91. The predicted molar refractivity (Wildman–Crippen MR) is 75.1 cm³/mol. The number of aliphatic hydroxyl groups excluding tert-OH is 1. The van der Waals surface area contributed by atoms with Crippen LogP contribution in [0.5, 0.6) is 0 Å². The molecule has 0 aliphatic carbocycles. The van der Waals surface area contributed by atoms with Crippen LogP contribution in [0.15, 0.2) is 30.3 Å². The lowest BCUT2D eigenvalue weighted by molar-refractivity contribution is -0.131. The molecule has 1 aromatic carbocycles. The number of ketones is 1. The van der Waals surface area contributed by atoms with E-state index < -0.39 is 12.0 Å². The minimum Gasteiger partial charge on any atom is -0.465 e. The number of rotatable bonds is 9. The van der Waals surface area contributed by atoms with Crippen molar-refractivity contribution in [1.82, 2.24) is 0 Å². The number of aliphatic hydroxyl groups is 1. The Kier molecular flexibility index (Phi) is 6.94. The summed E-state index contributed by atoms with van der Waals surface area (Å²) in [5.74, 6) is -0.722. The van der Waals surface area contributed by atoms with E-state index in [1.165, 1.54) is 12.8 Å². The van der Waals surface area contributed by atoms with E-state index in [0.717, 1.165) is 0 Å². The molecule has 0 aliphatic rings. The van der Waals surface area contributed by atoms with Crippen molar-refractivity contribution in [3.8, 4) is 0 Å². The average Bonchev–Trinajstić information content (AvgIpc) is 2.46. The van der Waals surface area contributed by atoms with Gasteiger partial charge in [-0.25, -0.2) is 0 Å². The molecule has 0 amide bonds. The zero-order valence-corrected chi connectivity index (χ0v) is 11.6. The van der Waals surface area contributed by atoms with Crippen molar-refractivity contribution in [3.05, 3.63) is 55.2 Å². The van der Waals surface area contributed by atoms with Gasteiger partial charge in [-0.3, -0.25) is 9.59 Å². The Balaban J connectivity index is 2.41.